The Balaban J connectivity index is 2.32. The zero-order chi connectivity index (χ0) is 13.4. The molecule has 5 nitrogen and oxygen atoms in total. The highest BCUT2D eigenvalue weighted by Crippen LogP contribution is 2.14. The van der Waals surface area contributed by atoms with Crippen LogP contribution < -0.4 is 10.1 Å². The molecule has 2 N–H and O–H groups in total. The van der Waals surface area contributed by atoms with Crippen molar-refractivity contribution in [3.8, 4) is 5.75 Å². The molecule has 18 heavy (non-hydrogen) atoms. The van der Waals surface area contributed by atoms with Gasteiger partial charge in [0.1, 0.15) is 5.75 Å². The summed E-state index contributed by atoms with van der Waals surface area (Å²) in [7, 11) is 1.60. The monoisotopic (exact) mass is 253 g/mol. The van der Waals surface area contributed by atoms with E-state index in [2.05, 4.69) is 5.32 Å². The van der Waals surface area contributed by atoms with E-state index >= 15 is 0 Å². The van der Waals surface area contributed by atoms with Gasteiger partial charge in [-0.2, -0.15) is 0 Å². The molecule has 0 saturated carbocycles. The maximum absolute atomic E-state index is 11.1. The van der Waals surface area contributed by atoms with E-state index in [1.54, 1.807) is 14.0 Å². The van der Waals surface area contributed by atoms with Crippen molar-refractivity contribution in [1.29, 1.82) is 0 Å². The number of methoxy groups -OCH3 is 1. The Kier molecular flexibility index (Phi) is 6.00. The van der Waals surface area contributed by atoms with Gasteiger partial charge >= 0.3 is 5.97 Å². The lowest BCUT2D eigenvalue weighted by Gasteiger charge is -2.12. The van der Waals surface area contributed by atoms with Crippen LogP contribution in [0.5, 0.6) is 5.75 Å². The van der Waals surface area contributed by atoms with Crippen molar-refractivity contribution in [2.45, 2.75) is 19.4 Å². The minimum Gasteiger partial charge on any atom is -0.497 e. The van der Waals surface area contributed by atoms with E-state index in [1.807, 2.05) is 24.3 Å². The van der Waals surface area contributed by atoms with Gasteiger partial charge in [-0.3, -0.25) is 4.79 Å². The van der Waals surface area contributed by atoms with Gasteiger partial charge in [-0.15, -0.1) is 0 Å². The number of anilines is 1. The highest BCUT2D eigenvalue weighted by atomic mass is 16.5. The zero-order valence-corrected chi connectivity index (χ0v) is 10.7. The number of carbonyl (C=O) groups excluding carboxylic acids is 1. The molecule has 5 heteroatoms. The van der Waals surface area contributed by atoms with E-state index in [0.717, 1.165) is 11.4 Å². The van der Waals surface area contributed by atoms with Crippen LogP contribution in [0.15, 0.2) is 24.3 Å². The average Bonchev–Trinajstić information content (AvgIpc) is 2.37. The molecule has 0 bridgehead atoms. The molecular weight excluding hydrogens is 234 g/mol. The Morgan fingerprint density at radius 3 is 2.61 bits per heavy atom. The molecule has 0 aliphatic rings. The number of nitrogens with one attached hydrogen (secondary N) is 1. The van der Waals surface area contributed by atoms with Crippen molar-refractivity contribution in [3.63, 3.8) is 0 Å². The van der Waals surface area contributed by atoms with Crippen LogP contribution in [0.1, 0.15) is 13.3 Å². The number of aliphatic hydroxyl groups is 1. The van der Waals surface area contributed by atoms with Gasteiger partial charge in [0.25, 0.3) is 0 Å². The molecule has 1 rings (SSSR count). The first-order chi connectivity index (χ1) is 8.65. The lowest BCUT2D eigenvalue weighted by Crippen LogP contribution is -2.23. The third-order valence-corrected chi connectivity index (χ3v) is 2.34. The molecule has 1 atom stereocenters. The Morgan fingerprint density at radius 1 is 1.39 bits per heavy atom. The minimum absolute atomic E-state index is 0.00298. The number of ether oxygens (including phenoxy) is 2. The second kappa shape index (κ2) is 7.55. The Labute approximate surface area is 107 Å². The van der Waals surface area contributed by atoms with Gasteiger partial charge in [0.15, 0.2) is 0 Å². The van der Waals surface area contributed by atoms with E-state index in [-0.39, 0.29) is 12.4 Å². The van der Waals surface area contributed by atoms with Crippen LogP contribution in [-0.4, -0.2) is 37.4 Å². The number of hydrogen-bond donors (Lipinski definition) is 2. The lowest BCUT2D eigenvalue weighted by atomic mass is 10.2. The highest BCUT2D eigenvalue weighted by molar-refractivity contribution is 5.70. The van der Waals surface area contributed by atoms with Crippen molar-refractivity contribution in [1.82, 2.24) is 0 Å². The molecule has 0 aromatic heterocycles. The standard InChI is InChI=1S/C13H19NO4/c1-3-18-13(16)8-11(15)9-14-10-4-6-12(17-2)7-5-10/h4-7,11,14-15H,3,8-9H2,1-2H3. The van der Waals surface area contributed by atoms with E-state index in [0.29, 0.717) is 13.2 Å². The van der Waals surface area contributed by atoms with Crippen molar-refractivity contribution in [2.75, 3.05) is 25.6 Å². The second-order valence-electron chi connectivity index (χ2n) is 3.77. The summed E-state index contributed by atoms with van der Waals surface area (Å²) in [5.41, 5.74) is 0.860. The SMILES string of the molecule is CCOC(=O)CC(O)CNc1ccc(OC)cc1. The van der Waals surface area contributed by atoms with Gasteiger partial charge < -0.3 is 19.9 Å². The van der Waals surface area contributed by atoms with Crippen LogP contribution >= 0.6 is 0 Å². The van der Waals surface area contributed by atoms with Gasteiger partial charge in [0.05, 0.1) is 26.2 Å². The molecule has 0 fully saturated rings. The fraction of sp³-hybridized carbons (Fsp3) is 0.462. The van der Waals surface area contributed by atoms with Crippen LogP contribution in [0.4, 0.5) is 5.69 Å². The van der Waals surface area contributed by atoms with Crippen molar-refractivity contribution >= 4 is 11.7 Å². The molecule has 100 valence electrons. The summed E-state index contributed by atoms with van der Waals surface area (Å²) >= 11 is 0. The van der Waals surface area contributed by atoms with Gasteiger partial charge in [-0.1, -0.05) is 0 Å². The summed E-state index contributed by atoms with van der Waals surface area (Å²) in [5.74, 6) is 0.383. The van der Waals surface area contributed by atoms with Gasteiger partial charge in [0.2, 0.25) is 0 Å². The number of hydrogen-bond acceptors (Lipinski definition) is 5. The second-order valence-corrected chi connectivity index (χ2v) is 3.77. The van der Waals surface area contributed by atoms with Crippen LogP contribution in [-0.2, 0) is 9.53 Å². The molecule has 0 aliphatic carbocycles. The topological polar surface area (TPSA) is 67.8 Å². The summed E-state index contributed by atoms with van der Waals surface area (Å²) in [6.07, 6.45) is -0.761. The predicted octanol–water partition coefficient (Wildman–Crippen LogP) is 1.42. The van der Waals surface area contributed by atoms with Crippen molar-refractivity contribution in [3.05, 3.63) is 24.3 Å². The van der Waals surface area contributed by atoms with Gasteiger partial charge in [-0.25, -0.2) is 0 Å². The Hall–Kier alpha value is -1.75. The smallest absolute Gasteiger partial charge is 0.308 e. The van der Waals surface area contributed by atoms with Crippen molar-refractivity contribution in [2.24, 2.45) is 0 Å². The number of benzene rings is 1. The summed E-state index contributed by atoms with van der Waals surface area (Å²) in [6.45, 7) is 2.36. The highest BCUT2D eigenvalue weighted by Gasteiger charge is 2.11. The lowest BCUT2D eigenvalue weighted by molar-refractivity contribution is -0.145. The quantitative estimate of drug-likeness (QED) is 0.719. The number of carbonyl (C=O) groups is 1. The molecule has 0 saturated heterocycles. The maximum Gasteiger partial charge on any atom is 0.308 e. The van der Waals surface area contributed by atoms with E-state index in [4.69, 9.17) is 9.47 Å². The zero-order valence-electron chi connectivity index (χ0n) is 10.7. The summed E-state index contributed by atoms with van der Waals surface area (Å²) in [6, 6.07) is 7.33. The minimum atomic E-state index is -0.758. The molecule has 0 heterocycles. The van der Waals surface area contributed by atoms with Crippen molar-refractivity contribution < 1.29 is 19.4 Å². The first kappa shape index (κ1) is 14.3. The van der Waals surface area contributed by atoms with Crippen LogP contribution in [0.2, 0.25) is 0 Å². The van der Waals surface area contributed by atoms with E-state index < -0.39 is 6.10 Å². The molecule has 0 aliphatic heterocycles. The molecular formula is C13H19NO4. The third-order valence-electron chi connectivity index (χ3n) is 2.34. The van der Waals surface area contributed by atoms with Crippen LogP contribution in [0.3, 0.4) is 0 Å². The summed E-state index contributed by atoms with van der Waals surface area (Å²) in [4.78, 5) is 11.1. The summed E-state index contributed by atoms with van der Waals surface area (Å²) < 4.78 is 9.79. The molecule has 1 aromatic rings. The van der Waals surface area contributed by atoms with E-state index in [1.165, 1.54) is 0 Å². The third kappa shape index (κ3) is 5.05. The van der Waals surface area contributed by atoms with Gasteiger partial charge in [-0.05, 0) is 31.2 Å². The van der Waals surface area contributed by atoms with Crippen LogP contribution in [0, 0.1) is 0 Å². The molecule has 0 radical (unpaired) electrons. The first-order valence-corrected chi connectivity index (χ1v) is 5.87. The average molecular weight is 253 g/mol. The largest absolute Gasteiger partial charge is 0.497 e. The van der Waals surface area contributed by atoms with Gasteiger partial charge in [0, 0.05) is 12.2 Å². The number of aliphatic hydroxyl groups excluding tert-OH is 1. The fourth-order valence-electron chi connectivity index (χ4n) is 1.43. The molecule has 0 amide bonds. The molecule has 1 unspecified atom stereocenters. The molecule has 0 spiro atoms. The number of rotatable bonds is 7. The normalized spacial score (nSPS) is 11.7. The van der Waals surface area contributed by atoms with Crippen LogP contribution in [0.25, 0.3) is 0 Å². The van der Waals surface area contributed by atoms with E-state index in [9.17, 15) is 9.90 Å². The number of esters is 1. The fourth-order valence-corrected chi connectivity index (χ4v) is 1.43. The molecule has 1 aromatic carbocycles. The first-order valence-electron chi connectivity index (χ1n) is 5.87. The Bertz CT molecular complexity index is 364. The Morgan fingerprint density at radius 2 is 2.06 bits per heavy atom. The predicted molar refractivity (Wildman–Crippen MR) is 68.7 cm³/mol. The summed E-state index contributed by atoms with van der Waals surface area (Å²) in [5, 5.41) is 12.7. The maximum atomic E-state index is 11.1.